The smallest absolute Gasteiger partial charge is 0.406 e. The maximum Gasteiger partial charge on any atom is 0.573 e. The summed E-state index contributed by atoms with van der Waals surface area (Å²) in [5, 5.41) is 4.26. The van der Waals surface area contributed by atoms with Gasteiger partial charge < -0.3 is 14.2 Å². The van der Waals surface area contributed by atoms with E-state index < -0.39 is 12.3 Å². The Morgan fingerprint density at radius 1 is 1.09 bits per heavy atom. The van der Waals surface area contributed by atoms with Gasteiger partial charge in [-0.3, -0.25) is 9.69 Å². The molecule has 0 saturated carbocycles. The normalized spacial score (nSPS) is 11.8. The van der Waals surface area contributed by atoms with Crippen LogP contribution in [0.5, 0.6) is 5.75 Å². The number of halogens is 3. The monoisotopic (exact) mass is 476 g/mol. The molecule has 0 aliphatic rings. The average Bonchev–Trinajstić information content (AvgIpc) is 3.40. The van der Waals surface area contributed by atoms with Crippen molar-refractivity contribution >= 4 is 32.6 Å². The quantitative estimate of drug-likeness (QED) is 0.371. The van der Waals surface area contributed by atoms with E-state index in [0.29, 0.717) is 34.2 Å². The number of likely N-dealkylation sites (N-methyl/N-ethyl adjacent to an activating group) is 1. The van der Waals surface area contributed by atoms with Gasteiger partial charge in [0.2, 0.25) is 0 Å². The number of amides is 1. The fraction of sp³-hybridized carbons (Fsp3) is 0.227. The summed E-state index contributed by atoms with van der Waals surface area (Å²) in [6, 6.07) is 14.7. The van der Waals surface area contributed by atoms with E-state index in [1.54, 1.807) is 6.07 Å². The highest BCUT2D eigenvalue weighted by atomic mass is 32.1. The first-order chi connectivity index (χ1) is 15.7. The Bertz CT molecular complexity index is 1250. The molecule has 0 radical (unpaired) electrons. The molecule has 0 atom stereocenters. The van der Waals surface area contributed by atoms with Crippen LogP contribution in [0.3, 0.4) is 0 Å². The molecular weight excluding hydrogens is 457 g/mol. The van der Waals surface area contributed by atoms with E-state index in [9.17, 15) is 18.0 Å². The lowest BCUT2D eigenvalue weighted by molar-refractivity contribution is -0.274. The molecule has 7 nitrogen and oxygen atoms in total. The number of hydrogen-bond acceptors (Lipinski definition) is 7. The summed E-state index contributed by atoms with van der Waals surface area (Å²) >= 11 is 1.09. The largest absolute Gasteiger partial charge is 0.573 e. The first-order valence-corrected chi connectivity index (χ1v) is 10.7. The predicted molar refractivity (Wildman–Crippen MR) is 118 cm³/mol. The van der Waals surface area contributed by atoms with Gasteiger partial charge in [-0.1, -0.05) is 46.8 Å². The van der Waals surface area contributed by atoms with Crippen molar-refractivity contribution in [1.82, 2.24) is 15.0 Å². The van der Waals surface area contributed by atoms with Crippen molar-refractivity contribution in [2.45, 2.75) is 6.36 Å². The maximum absolute atomic E-state index is 13.3. The van der Waals surface area contributed by atoms with Crippen molar-refractivity contribution in [3.8, 4) is 17.1 Å². The van der Waals surface area contributed by atoms with Gasteiger partial charge in [-0.15, -0.1) is 13.2 Å². The number of aromatic nitrogens is 2. The number of carbonyl (C=O) groups is 1. The van der Waals surface area contributed by atoms with E-state index >= 15 is 0 Å². The zero-order valence-electron chi connectivity index (χ0n) is 17.7. The number of carbonyl (C=O) groups excluding carboxylic acids is 1. The van der Waals surface area contributed by atoms with Gasteiger partial charge in [0.05, 0.1) is 10.2 Å². The number of alkyl halides is 3. The number of rotatable bonds is 7. The van der Waals surface area contributed by atoms with Crippen LogP contribution in [0.4, 0.5) is 18.3 Å². The van der Waals surface area contributed by atoms with Gasteiger partial charge in [-0.25, -0.2) is 4.98 Å². The molecule has 1 amide bonds. The molecule has 0 aliphatic carbocycles. The number of thiazole rings is 1. The molecular formula is C22H19F3N4O3S. The molecule has 0 saturated heterocycles. The van der Waals surface area contributed by atoms with E-state index in [0.717, 1.165) is 16.9 Å². The maximum atomic E-state index is 13.3. The minimum atomic E-state index is -4.79. The van der Waals surface area contributed by atoms with E-state index in [4.69, 9.17) is 4.52 Å². The Hall–Kier alpha value is -3.44. The second kappa shape index (κ2) is 9.20. The molecule has 11 heteroatoms. The van der Waals surface area contributed by atoms with Crippen LogP contribution in [-0.4, -0.2) is 54.5 Å². The lowest BCUT2D eigenvalue weighted by atomic mass is 10.1. The average molecular weight is 476 g/mol. The highest BCUT2D eigenvalue weighted by molar-refractivity contribution is 7.22. The Morgan fingerprint density at radius 2 is 1.85 bits per heavy atom. The zero-order chi connectivity index (χ0) is 23.6. The third kappa shape index (κ3) is 5.49. The highest BCUT2D eigenvalue weighted by Crippen LogP contribution is 2.34. The number of ether oxygens (including phenoxy) is 1. The van der Waals surface area contributed by atoms with Crippen LogP contribution in [0.25, 0.3) is 21.5 Å². The van der Waals surface area contributed by atoms with Crippen molar-refractivity contribution < 1.29 is 27.2 Å². The SMILES string of the molecule is CN(C)CCN(C(=O)c1cc(-c2ccccc2)on1)c1nc2ccc(OC(F)(F)F)cc2s1. The molecule has 172 valence electrons. The minimum Gasteiger partial charge on any atom is -0.406 e. The standard InChI is InChI=1S/C22H19F3N4O3S/c1-28(2)10-11-29(20(30)17-13-18(32-27-17)14-6-4-3-5-7-14)21-26-16-9-8-15(12-19(16)33-21)31-22(23,24)25/h3-9,12-13H,10-11H2,1-2H3. The fourth-order valence-corrected chi connectivity index (χ4v) is 4.06. The molecule has 2 aromatic heterocycles. The zero-order valence-corrected chi connectivity index (χ0v) is 18.5. The third-order valence-corrected chi connectivity index (χ3v) is 5.66. The minimum absolute atomic E-state index is 0.105. The van der Waals surface area contributed by atoms with Gasteiger partial charge in [0.15, 0.2) is 16.6 Å². The molecule has 0 fully saturated rings. The van der Waals surface area contributed by atoms with E-state index in [-0.39, 0.29) is 11.4 Å². The van der Waals surface area contributed by atoms with Gasteiger partial charge in [0, 0.05) is 30.8 Å². The summed E-state index contributed by atoms with van der Waals surface area (Å²) in [4.78, 5) is 21.1. The number of anilines is 1. The second-order valence-electron chi connectivity index (χ2n) is 7.38. The molecule has 4 aromatic rings. The lowest BCUT2D eigenvalue weighted by Crippen LogP contribution is -2.36. The Balaban J connectivity index is 1.65. The highest BCUT2D eigenvalue weighted by Gasteiger charge is 2.31. The topological polar surface area (TPSA) is 71.7 Å². The summed E-state index contributed by atoms with van der Waals surface area (Å²) in [7, 11) is 3.73. The lowest BCUT2D eigenvalue weighted by Gasteiger charge is -2.20. The van der Waals surface area contributed by atoms with Gasteiger partial charge >= 0.3 is 6.36 Å². The Labute approximate surface area is 191 Å². The Kier molecular flexibility index (Phi) is 6.34. The van der Waals surface area contributed by atoms with Gasteiger partial charge in [0.1, 0.15) is 5.75 Å². The molecule has 0 aliphatic heterocycles. The molecule has 0 bridgehead atoms. The van der Waals surface area contributed by atoms with Crippen LogP contribution in [0.1, 0.15) is 10.5 Å². The molecule has 0 N–H and O–H groups in total. The molecule has 0 unspecified atom stereocenters. The molecule has 2 heterocycles. The number of fused-ring (bicyclic) bond motifs is 1. The molecule has 2 aromatic carbocycles. The van der Waals surface area contributed by atoms with Crippen LogP contribution < -0.4 is 9.64 Å². The predicted octanol–water partition coefficient (Wildman–Crippen LogP) is 5.06. The van der Waals surface area contributed by atoms with Crippen LogP contribution in [0.2, 0.25) is 0 Å². The first-order valence-electron chi connectivity index (χ1n) is 9.85. The van der Waals surface area contributed by atoms with Crippen LogP contribution in [0, 0.1) is 0 Å². The van der Waals surface area contributed by atoms with Crippen molar-refractivity contribution in [3.05, 3.63) is 60.3 Å². The second-order valence-corrected chi connectivity index (χ2v) is 8.39. The number of benzene rings is 2. The van der Waals surface area contributed by atoms with Crippen molar-refractivity contribution in [2.24, 2.45) is 0 Å². The van der Waals surface area contributed by atoms with E-state index in [1.165, 1.54) is 23.1 Å². The fourth-order valence-electron chi connectivity index (χ4n) is 3.04. The van der Waals surface area contributed by atoms with Gasteiger partial charge in [-0.05, 0) is 26.2 Å². The summed E-state index contributed by atoms with van der Waals surface area (Å²) < 4.78 is 47.5. The summed E-state index contributed by atoms with van der Waals surface area (Å²) in [5.74, 6) is -0.321. The Morgan fingerprint density at radius 3 is 2.55 bits per heavy atom. The summed E-state index contributed by atoms with van der Waals surface area (Å²) in [6.07, 6.45) is -4.79. The van der Waals surface area contributed by atoms with Crippen molar-refractivity contribution in [3.63, 3.8) is 0 Å². The third-order valence-electron chi connectivity index (χ3n) is 4.62. The van der Waals surface area contributed by atoms with Crippen molar-refractivity contribution in [2.75, 3.05) is 32.1 Å². The van der Waals surface area contributed by atoms with Crippen LogP contribution in [-0.2, 0) is 0 Å². The van der Waals surface area contributed by atoms with Crippen molar-refractivity contribution in [1.29, 1.82) is 0 Å². The molecule has 0 spiro atoms. The first kappa shape index (κ1) is 22.7. The van der Waals surface area contributed by atoms with Crippen LogP contribution >= 0.6 is 11.3 Å². The molecule has 4 rings (SSSR count). The van der Waals surface area contributed by atoms with E-state index in [2.05, 4.69) is 14.9 Å². The van der Waals surface area contributed by atoms with Gasteiger partial charge in [-0.2, -0.15) is 0 Å². The molecule has 33 heavy (non-hydrogen) atoms. The summed E-state index contributed by atoms with van der Waals surface area (Å²) in [5.41, 5.74) is 1.34. The van der Waals surface area contributed by atoms with E-state index in [1.807, 2.05) is 49.3 Å². The van der Waals surface area contributed by atoms with Crippen LogP contribution in [0.15, 0.2) is 59.1 Å². The number of hydrogen-bond donors (Lipinski definition) is 0. The summed E-state index contributed by atoms with van der Waals surface area (Å²) in [6.45, 7) is 0.832. The number of nitrogens with zero attached hydrogens (tertiary/aromatic N) is 4. The van der Waals surface area contributed by atoms with Gasteiger partial charge in [0.25, 0.3) is 5.91 Å².